The van der Waals surface area contributed by atoms with Gasteiger partial charge in [0.2, 0.25) is 5.88 Å². The second-order valence-corrected chi connectivity index (χ2v) is 8.78. The largest absolute Gasteiger partial charge is 0.476 e. The Morgan fingerprint density at radius 1 is 1.22 bits per heavy atom. The van der Waals surface area contributed by atoms with Crippen LogP contribution in [0.25, 0.3) is 11.1 Å². The molecule has 37 heavy (non-hydrogen) atoms. The molecule has 8 nitrogen and oxygen atoms in total. The monoisotopic (exact) mass is 515 g/mol. The van der Waals surface area contributed by atoms with E-state index in [0.29, 0.717) is 36.7 Å². The second-order valence-electron chi connectivity index (χ2n) is 8.78. The first kappa shape index (κ1) is 26.4. The number of aliphatic hydroxyl groups excluding tert-OH is 1. The lowest BCUT2D eigenvalue weighted by molar-refractivity contribution is -0.137. The van der Waals surface area contributed by atoms with Gasteiger partial charge >= 0.3 is 6.18 Å². The summed E-state index contributed by atoms with van der Waals surface area (Å²) in [6.45, 7) is 3.57. The van der Waals surface area contributed by atoms with Crippen molar-refractivity contribution >= 4 is 17.4 Å². The van der Waals surface area contributed by atoms with Gasteiger partial charge in [0.1, 0.15) is 12.4 Å². The summed E-state index contributed by atoms with van der Waals surface area (Å²) < 4.78 is 45.0. The van der Waals surface area contributed by atoms with E-state index in [1.54, 1.807) is 30.3 Å². The maximum absolute atomic E-state index is 13.0. The van der Waals surface area contributed by atoms with E-state index in [0.717, 1.165) is 48.3 Å². The number of rotatable bonds is 9. The third-order valence-electron chi connectivity index (χ3n) is 5.95. The number of halogens is 3. The zero-order chi connectivity index (χ0) is 26.4. The molecule has 1 fully saturated rings. The summed E-state index contributed by atoms with van der Waals surface area (Å²) in [5.41, 5.74) is 1.65. The number of ether oxygens (including phenoxy) is 1. The van der Waals surface area contributed by atoms with Gasteiger partial charge in [-0.1, -0.05) is 6.07 Å². The summed E-state index contributed by atoms with van der Waals surface area (Å²) in [6, 6.07) is 9.84. The van der Waals surface area contributed by atoms with Crippen molar-refractivity contribution in [2.24, 2.45) is 0 Å². The number of pyridine rings is 2. The number of nitrogens with one attached hydrogen (secondary N) is 3. The van der Waals surface area contributed by atoms with Crippen molar-refractivity contribution in [2.75, 3.05) is 36.9 Å². The summed E-state index contributed by atoms with van der Waals surface area (Å²) in [4.78, 5) is 20.7. The molecular formula is C26H28F3N5O3. The van der Waals surface area contributed by atoms with Gasteiger partial charge in [0.15, 0.2) is 0 Å². The fraction of sp³-hybridized carbons (Fsp3) is 0.346. The number of aliphatic hydroxyl groups is 1. The number of anilines is 2. The molecule has 0 bridgehead atoms. The Hall–Kier alpha value is -3.70. The molecule has 1 amide bonds. The summed E-state index contributed by atoms with van der Waals surface area (Å²) in [5.74, 6) is 0.224. The van der Waals surface area contributed by atoms with Crippen LogP contribution in [0.5, 0.6) is 5.88 Å². The van der Waals surface area contributed by atoms with Gasteiger partial charge in [0, 0.05) is 36.7 Å². The maximum Gasteiger partial charge on any atom is 0.417 e. The van der Waals surface area contributed by atoms with Crippen molar-refractivity contribution in [2.45, 2.75) is 32.0 Å². The number of aromatic nitrogens is 2. The highest BCUT2D eigenvalue weighted by molar-refractivity contribution is 6.04. The predicted octanol–water partition coefficient (Wildman–Crippen LogP) is 4.26. The highest BCUT2D eigenvalue weighted by Crippen LogP contribution is 2.32. The van der Waals surface area contributed by atoms with Crippen LogP contribution in [0, 0.1) is 6.92 Å². The Labute approximate surface area is 212 Å². The van der Waals surface area contributed by atoms with E-state index in [2.05, 4.69) is 25.9 Å². The van der Waals surface area contributed by atoms with Crippen LogP contribution in [0.1, 0.15) is 34.3 Å². The van der Waals surface area contributed by atoms with Gasteiger partial charge in [-0.25, -0.2) is 0 Å². The standard InChI is InChI=1S/C26H28F3N5O3/c1-16-4-5-20(33-25(36)18-9-19(14-30-13-18)26(27,28)29)12-22(16)17-10-23(32-7-8-35)34-24(11-17)37-15-21-3-2-6-31-21/h4-5,9-14,21,31,35H,2-3,6-8,15H2,1H3,(H,32,34)(H,33,36). The Kier molecular flexibility index (Phi) is 8.24. The van der Waals surface area contributed by atoms with Gasteiger partial charge in [-0.3, -0.25) is 9.78 Å². The molecule has 1 unspecified atom stereocenters. The molecular weight excluding hydrogens is 487 g/mol. The van der Waals surface area contributed by atoms with E-state index in [4.69, 9.17) is 4.74 Å². The van der Waals surface area contributed by atoms with Crippen LogP contribution in [-0.2, 0) is 6.18 Å². The molecule has 1 saturated heterocycles. The number of aryl methyl sites for hydroxylation is 1. The van der Waals surface area contributed by atoms with Crippen molar-refractivity contribution < 1.29 is 27.8 Å². The summed E-state index contributed by atoms with van der Waals surface area (Å²) in [7, 11) is 0. The zero-order valence-electron chi connectivity index (χ0n) is 20.2. The van der Waals surface area contributed by atoms with Crippen molar-refractivity contribution in [3.8, 4) is 17.0 Å². The fourth-order valence-corrected chi connectivity index (χ4v) is 4.03. The van der Waals surface area contributed by atoms with Crippen LogP contribution >= 0.6 is 0 Å². The highest BCUT2D eigenvalue weighted by atomic mass is 19.4. The molecule has 3 heterocycles. The second kappa shape index (κ2) is 11.6. The molecule has 4 N–H and O–H groups in total. The lowest BCUT2D eigenvalue weighted by atomic mass is 10.00. The van der Waals surface area contributed by atoms with Crippen LogP contribution in [0.2, 0.25) is 0 Å². The third-order valence-corrected chi connectivity index (χ3v) is 5.95. The number of carbonyl (C=O) groups excluding carboxylic acids is 1. The Morgan fingerprint density at radius 3 is 2.78 bits per heavy atom. The minimum atomic E-state index is -4.60. The molecule has 0 aliphatic carbocycles. The van der Waals surface area contributed by atoms with Crippen LogP contribution in [-0.4, -0.2) is 53.3 Å². The minimum Gasteiger partial charge on any atom is -0.476 e. The molecule has 196 valence electrons. The smallest absolute Gasteiger partial charge is 0.417 e. The first-order valence-electron chi connectivity index (χ1n) is 11.9. The number of benzene rings is 1. The van der Waals surface area contributed by atoms with E-state index in [1.807, 2.05) is 6.92 Å². The number of nitrogens with zero attached hydrogens (tertiary/aromatic N) is 2. The topological polar surface area (TPSA) is 108 Å². The predicted molar refractivity (Wildman–Crippen MR) is 134 cm³/mol. The first-order chi connectivity index (χ1) is 17.7. The maximum atomic E-state index is 13.0. The molecule has 11 heteroatoms. The first-order valence-corrected chi connectivity index (χ1v) is 11.9. The normalized spacial score (nSPS) is 15.4. The van der Waals surface area contributed by atoms with Crippen LogP contribution < -0.4 is 20.7 Å². The average Bonchev–Trinajstić information content (AvgIpc) is 3.40. The van der Waals surface area contributed by atoms with Crippen molar-refractivity contribution in [1.29, 1.82) is 0 Å². The number of carbonyl (C=O) groups is 1. The van der Waals surface area contributed by atoms with E-state index in [1.165, 1.54) is 0 Å². The molecule has 3 aromatic rings. The van der Waals surface area contributed by atoms with Gasteiger partial charge in [0.25, 0.3) is 5.91 Å². The summed E-state index contributed by atoms with van der Waals surface area (Å²) in [6.07, 6.45) is -0.715. The van der Waals surface area contributed by atoms with Gasteiger partial charge < -0.3 is 25.8 Å². The van der Waals surface area contributed by atoms with Crippen molar-refractivity contribution in [1.82, 2.24) is 15.3 Å². The zero-order valence-corrected chi connectivity index (χ0v) is 20.2. The quantitative estimate of drug-likeness (QED) is 0.337. The summed E-state index contributed by atoms with van der Waals surface area (Å²) >= 11 is 0. The fourth-order valence-electron chi connectivity index (χ4n) is 4.03. The van der Waals surface area contributed by atoms with Gasteiger partial charge in [-0.05, 0) is 67.3 Å². The van der Waals surface area contributed by atoms with Crippen molar-refractivity contribution in [3.05, 3.63) is 65.5 Å². The Morgan fingerprint density at radius 2 is 2.05 bits per heavy atom. The number of amides is 1. The average molecular weight is 516 g/mol. The van der Waals surface area contributed by atoms with E-state index in [9.17, 15) is 23.1 Å². The SMILES string of the molecule is Cc1ccc(NC(=O)c2cncc(C(F)(F)F)c2)cc1-c1cc(NCCO)nc(OCC2CCCN2)c1. The molecule has 4 rings (SSSR count). The van der Waals surface area contributed by atoms with Gasteiger partial charge in [0.05, 0.1) is 17.7 Å². The third kappa shape index (κ3) is 6.95. The van der Waals surface area contributed by atoms with Crippen molar-refractivity contribution in [3.63, 3.8) is 0 Å². The number of alkyl halides is 3. The molecule has 0 spiro atoms. The molecule has 1 aromatic carbocycles. The molecule has 1 aliphatic rings. The Balaban J connectivity index is 1.59. The van der Waals surface area contributed by atoms with E-state index < -0.39 is 17.6 Å². The Bertz CT molecular complexity index is 1250. The lowest BCUT2D eigenvalue weighted by Gasteiger charge is -2.16. The minimum absolute atomic E-state index is 0.0704. The van der Waals surface area contributed by atoms with Crippen LogP contribution in [0.15, 0.2) is 48.8 Å². The molecule has 1 aliphatic heterocycles. The highest BCUT2D eigenvalue weighted by Gasteiger charge is 2.31. The number of hydrogen-bond acceptors (Lipinski definition) is 7. The van der Waals surface area contributed by atoms with E-state index >= 15 is 0 Å². The van der Waals surface area contributed by atoms with E-state index in [-0.39, 0.29) is 18.2 Å². The van der Waals surface area contributed by atoms with Crippen LogP contribution in [0.4, 0.5) is 24.7 Å². The molecule has 0 radical (unpaired) electrons. The lowest BCUT2D eigenvalue weighted by Crippen LogP contribution is -2.28. The van der Waals surface area contributed by atoms with Gasteiger partial charge in [-0.15, -0.1) is 0 Å². The molecule has 1 atom stereocenters. The summed E-state index contributed by atoms with van der Waals surface area (Å²) in [5, 5.41) is 18.3. The molecule has 2 aromatic heterocycles. The molecule has 0 saturated carbocycles. The number of hydrogen-bond donors (Lipinski definition) is 4. The van der Waals surface area contributed by atoms with Gasteiger partial charge in [-0.2, -0.15) is 18.2 Å². The van der Waals surface area contributed by atoms with Crippen LogP contribution in [0.3, 0.4) is 0 Å².